The third-order valence-electron chi connectivity index (χ3n) is 7.09. The fourth-order valence-electron chi connectivity index (χ4n) is 5.45. The summed E-state index contributed by atoms with van der Waals surface area (Å²) in [5.41, 5.74) is 0.406. The van der Waals surface area contributed by atoms with E-state index in [4.69, 9.17) is 5.84 Å². The van der Waals surface area contributed by atoms with Crippen molar-refractivity contribution in [2.45, 2.75) is 127 Å². The Balaban J connectivity index is 1.61. The maximum Gasteiger partial charge on any atom is 0.0387 e. The molecule has 0 spiro atoms. The molecule has 0 radical (unpaired) electrons. The Bertz CT molecular complexity index is 333. The summed E-state index contributed by atoms with van der Waals surface area (Å²) in [6, 6.07) is 0.670. The first kappa shape index (κ1) is 17.7. The van der Waals surface area contributed by atoms with Gasteiger partial charge in [-0.05, 0) is 38.0 Å². The Labute approximate surface area is 144 Å². The van der Waals surface area contributed by atoms with Gasteiger partial charge in [-0.3, -0.25) is 5.84 Å². The van der Waals surface area contributed by atoms with Crippen LogP contribution < -0.4 is 5.84 Å². The molecule has 2 atom stereocenters. The highest BCUT2D eigenvalue weighted by molar-refractivity contribution is 5.11. The lowest BCUT2D eigenvalue weighted by atomic mass is 9.96. The van der Waals surface area contributed by atoms with Crippen LogP contribution in [0.1, 0.15) is 116 Å². The van der Waals surface area contributed by atoms with E-state index in [1.54, 1.807) is 0 Å². The van der Waals surface area contributed by atoms with Gasteiger partial charge in [0.15, 0.2) is 0 Å². The first-order valence-corrected chi connectivity index (χ1v) is 10.9. The molecule has 0 aromatic rings. The van der Waals surface area contributed by atoms with Crippen LogP contribution in [-0.4, -0.2) is 16.6 Å². The van der Waals surface area contributed by atoms with Gasteiger partial charge in [0.25, 0.3) is 0 Å². The quantitative estimate of drug-likeness (QED) is 0.503. The Morgan fingerprint density at radius 3 is 1.70 bits per heavy atom. The number of hydrazine groups is 1. The van der Waals surface area contributed by atoms with Crippen molar-refractivity contribution in [2.24, 2.45) is 11.8 Å². The molecule has 2 heteroatoms. The minimum absolute atomic E-state index is 0.406. The van der Waals surface area contributed by atoms with Crippen LogP contribution in [0.4, 0.5) is 0 Å². The van der Waals surface area contributed by atoms with Gasteiger partial charge in [0.05, 0.1) is 0 Å². The van der Waals surface area contributed by atoms with E-state index in [0.29, 0.717) is 11.6 Å². The molecule has 3 fully saturated rings. The van der Waals surface area contributed by atoms with Crippen LogP contribution >= 0.6 is 0 Å². The first-order valence-electron chi connectivity index (χ1n) is 10.9. The summed E-state index contributed by atoms with van der Waals surface area (Å²) in [5.74, 6) is 7.77. The van der Waals surface area contributed by atoms with Crippen LogP contribution in [0.3, 0.4) is 0 Å². The second kappa shape index (κ2) is 8.85. The van der Waals surface area contributed by atoms with E-state index >= 15 is 0 Å². The van der Waals surface area contributed by atoms with Gasteiger partial charge in [0.2, 0.25) is 0 Å². The van der Waals surface area contributed by atoms with Crippen LogP contribution in [0, 0.1) is 5.92 Å². The molecule has 2 unspecified atom stereocenters. The molecule has 0 bridgehead atoms. The molecule has 0 saturated heterocycles. The third kappa shape index (κ3) is 4.72. The van der Waals surface area contributed by atoms with Crippen LogP contribution in [0.2, 0.25) is 0 Å². The Kier molecular flexibility index (Phi) is 6.83. The van der Waals surface area contributed by atoms with Gasteiger partial charge in [-0.2, -0.15) is 0 Å². The largest absolute Gasteiger partial charge is 0.268 e. The molecule has 0 heterocycles. The van der Waals surface area contributed by atoms with Gasteiger partial charge in [0.1, 0.15) is 0 Å². The number of hydrogen-bond donors (Lipinski definition) is 1. The highest BCUT2D eigenvalue weighted by Gasteiger charge is 2.57. The van der Waals surface area contributed by atoms with E-state index in [0.717, 1.165) is 5.92 Å². The predicted octanol–water partition coefficient (Wildman–Crippen LogP) is 5.95. The molecule has 0 amide bonds. The second-order valence-corrected chi connectivity index (χ2v) is 8.78. The fourth-order valence-corrected chi connectivity index (χ4v) is 5.45. The van der Waals surface area contributed by atoms with E-state index in [1.807, 2.05) is 0 Å². The first-order chi connectivity index (χ1) is 11.3. The van der Waals surface area contributed by atoms with Crippen molar-refractivity contribution in [3.8, 4) is 0 Å². The number of nitrogens with zero attached hydrogens (tertiary/aromatic N) is 1. The molecule has 0 aliphatic heterocycles. The van der Waals surface area contributed by atoms with Crippen molar-refractivity contribution in [3.63, 3.8) is 0 Å². The monoisotopic (exact) mass is 320 g/mol. The maximum atomic E-state index is 6.85. The smallest absolute Gasteiger partial charge is 0.0387 e. The Hall–Kier alpha value is -0.0800. The van der Waals surface area contributed by atoms with Gasteiger partial charge in [0, 0.05) is 11.6 Å². The molecule has 3 rings (SSSR count). The zero-order valence-corrected chi connectivity index (χ0v) is 15.4. The van der Waals surface area contributed by atoms with Gasteiger partial charge in [-0.25, -0.2) is 5.01 Å². The summed E-state index contributed by atoms with van der Waals surface area (Å²) in [4.78, 5) is 0. The summed E-state index contributed by atoms with van der Waals surface area (Å²) in [5, 5.41) is 2.43. The zero-order chi connectivity index (χ0) is 16.0. The van der Waals surface area contributed by atoms with Crippen molar-refractivity contribution >= 4 is 0 Å². The highest BCUT2D eigenvalue weighted by atomic mass is 15.5. The predicted molar refractivity (Wildman–Crippen MR) is 99.1 cm³/mol. The molecule has 3 aliphatic carbocycles. The Morgan fingerprint density at radius 2 is 1.09 bits per heavy atom. The number of hydrogen-bond acceptors (Lipinski definition) is 2. The normalized spacial score (nSPS) is 35.5. The number of fused-ring (bicyclic) bond motifs is 1. The van der Waals surface area contributed by atoms with Crippen molar-refractivity contribution in [1.82, 2.24) is 5.01 Å². The number of rotatable bonds is 2. The van der Waals surface area contributed by atoms with Crippen LogP contribution in [0.5, 0.6) is 0 Å². The lowest BCUT2D eigenvalue weighted by molar-refractivity contribution is 0.0799. The SMILES string of the molecule is NN(C1CCCCCCCC1)C12CCCCCCCCCC1C2. The molecule has 0 aromatic carbocycles. The van der Waals surface area contributed by atoms with Crippen molar-refractivity contribution in [1.29, 1.82) is 0 Å². The lowest BCUT2D eigenvalue weighted by Gasteiger charge is -2.36. The van der Waals surface area contributed by atoms with Gasteiger partial charge >= 0.3 is 0 Å². The third-order valence-corrected chi connectivity index (χ3v) is 7.09. The molecule has 3 saturated carbocycles. The fraction of sp³-hybridized carbons (Fsp3) is 1.00. The summed E-state index contributed by atoms with van der Waals surface area (Å²) in [6.07, 6.45) is 25.6. The molecule has 3 aliphatic rings. The summed E-state index contributed by atoms with van der Waals surface area (Å²) in [6.45, 7) is 0. The number of nitrogens with two attached hydrogens (primary N) is 1. The zero-order valence-electron chi connectivity index (χ0n) is 15.4. The van der Waals surface area contributed by atoms with Crippen molar-refractivity contribution in [3.05, 3.63) is 0 Å². The van der Waals surface area contributed by atoms with Gasteiger partial charge in [-0.15, -0.1) is 0 Å². The summed E-state index contributed by atoms with van der Waals surface area (Å²) in [7, 11) is 0. The van der Waals surface area contributed by atoms with Gasteiger partial charge in [-0.1, -0.05) is 83.5 Å². The average Bonchev–Trinajstić information content (AvgIpc) is 3.22. The molecular weight excluding hydrogens is 280 g/mol. The van der Waals surface area contributed by atoms with E-state index in [-0.39, 0.29) is 0 Å². The molecule has 23 heavy (non-hydrogen) atoms. The van der Waals surface area contributed by atoms with Crippen LogP contribution in [0.15, 0.2) is 0 Å². The average molecular weight is 321 g/mol. The van der Waals surface area contributed by atoms with E-state index < -0.39 is 0 Å². The standard InChI is InChI=1S/C21H40N2/c22-23(20-15-11-7-3-4-8-12-16-20)21-17-13-9-5-1-2-6-10-14-19(21)18-21/h19-20H,1-18,22H2. The topological polar surface area (TPSA) is 29.3 Å². The molecule has 134 valence electrons. The summed E-state index contributed by atoms with van der Waals surface area (Å²) >= 11 is 0. The van der Waals surface area contributed by atoms with Crippen molar-refractivity contribution in [2.75, 3.05) is 0 Å². The van der Waals surface area contributed by atoms with E-state index in [9.17, 15) is 0 Å². The van der Waals surface area contributed by atoms with Crippen molar-refractivity contribution < 1.29 is 0 Å². The van der Waals surface area contributed by atoms with Gasteiger partial charge < -0.3 is 0 Å². The van der Waals surface area contributed by atoms with E-state index in [2.05, 4.69) is 5.01 Å². The van der Waals surface area contributed by atoms with E-state index in [1.165, 1.54) is 116 Å². The highest BCUT2D eigenvalue weighted by Crippen LogP contribution is 2.55. The molecular formula is C21H40N2. The van der Waals surface area contributed by atoms with Crippen LogP contribution in [-0.2, 0) is 0 Å². The summed E-state index contributed by atoms with van der Waals surface area (Å²) < 4.78 is 0. The molecule has 0 aromatic heterocycles. The Morgan fingerprint density at radius 1 is 0.609 bits per heavy atom. The second-order valence-electron chi connectivity index (χ2n) is 8.78. The lowest BCUT2D eigenvalue weighted by Crippen LogP contribution is -2.51. The minimum atomic E-state index is 0.406. The molecule has 2 nitrogen and oxygen atoms in total. The maximum absolute atomic E-state index is 6.85. The molecule has 2 N–H and O–H groups in total. The van der Waals surface area contributed by atoms with Crippen LogP contribution in [0.25, 0.3) is 0 Å². The minimum Gasteiger partial charge on any atom is -0.268 e.